The van der Waals surface area contributed by atoms with Crippen LogP contribution in [0.3, 0.4) is 0 Å². The number of hydrogen-bond acceptors (Lipinski definition) is 8. The van der Waals surface area contributed by atoms with Crippen LogP contribution in [0, 0.1) is 0 Å². The van der Waals surface area contributed by atoms with Gasteiger partial charge in [0.25, 0.3) is 0 Å². The van der Waals surface area contributed by atoms with E-state index in [1.165, 1.54) is 33.0 Å². The van der Waals surface area contributed by atoms with E-state index in [2.05, 4.69) is 79.2 Å². The fraction of sp³-hybridized carbons (Fsp3) is 0.111. The smallest absolute Gasteiger partial charge is 0.128 e. The first kappa shape index (κ1) is 22.7. The average Bonchev–Trinajstić information content (AvgIpc) is 3.55. The first-order chi connectivity index (χ1) is 17.4. The quantitative estimate of drug-likeness (QED) is 0.112. The van der Waals surface area contributed by atoms with E-state index in [0.29, 0.717) is 0 Å². The van der Waals surface area contributed by atoms with Crippen molar-refractivity contribution < 1.29 is 0 Å². The monoisotopic (exact) mass is 528 g/mol. The van der Waals surface area contributed by atoms with Crippen LogP contribution in [-0.4, -0.2) is 31.4 Å². The number of nitrogens with zero attached hydrogens (tertiary/aromatic N) is 4. The van der Waals surface area contributed by atoms with Crippen molar-refractivity contribution >= 4 is 66.6 Å². The third kappa shape index (κ3) is 4.71. The van der Waals surface area contributed by atoms with Gasteiger partial charge in [0.05, 0.1) is 10.8 Å². The van der Waals surface area contributed by atoms with Gasteiger partial charge in [0.1, 0.15) is 32.4 Å². The Kier molecular flexibility index (Phi) is 6.77. The maximum Gasteiger partial charge on any atom is 0.128 e. The molecule has 0 bridgehead atoms. The highest BCUT2D eigenvalue weighted by molar-refractivity contribution is 8.00. The third-order valence-electron chi connectivity index (χ3n) is 5.61. The van der Waals surface area contributed by atoms with Crippen LogP contribution in [-0.2, 0) is 0 Å². The molecule has 0 atom stereocenters. The van der Waals surface area contributed by atoms with Gasteiger partial charge < -0.3 is 0 Å². The summed E-state index contributed by atoms with van der Waals surface area (Å²) in [5.41, 5.74) is 4.86. The molecule has 172 valence electrons. The molecule has 6 rings (SSSR count). The zero-order valence-corrected chi connectivity index (χ0v) is 21.9. The van der Waals surface area contributed by atoms with Crippen LogP contribution in [0.1, 0.15) is 6.42 Å². The molecule has 0 aliphatic carbocycles. The van der Waals surface area contributed by atoms with Gasteiger partial charge in [0.2, 0.25) is 0 Å². The molecule has 0 radical (unpaired) electrons. The molecule has 0 aliphatic heterocycles. The van der Waals surface area contributed by atoms with Crippen LogP contribution in [0.5, 0.6) is 0 Å². The molecule has 6 aromatic rings. The van der Waals surface area contributed by atoms with Gasteiger partial charge in [-0.25, -0.2) is 19.9 Å². The molecule has 4 nitrogen and oxygen atoms in total. The molecule has 0 saturated heterocycles. The SMILES string of the molecule is c1ccc(-c2csc3ncnc(SCCCSc4ncnc5scc(-c6ccccc6)c45)c23)cc1. The van der Waals surface area contributed by atoms with Crippen LogP contribution < -0.4 is 0 Å². The van der Waals surface area contributed by atoms with Gasteiger partial charge in [-0.05, 0) is 17.5 Å². The number of aromatic nitrogens is 4. The fourth-order valence-corrected chi connectivity index (χ4v) is 8.02. The summed E-state index contributed by atoms with van der Waals surface area (Å²) in [6.45, 7) is 0. The Labute approximate surface area is 219 Å². The summed E-state index contributed by atoms with van der Waals surface area (Å²) in [6, 6.07) is 21.0. The molecular formula is C27H20N4S4. The van der Waals surface area contributed by atoms with Crippen LogP contribution in [0.2, 0.25) is 0 Å². The summed E-state index contributed by atoms with van der Waals surface area (Å²) in [5, 5.41) is 8.86. The normalized spacial score (nSPS) is 11.4. The van der Waals surface area contributed by atoms with E-state index in [4.69, 9.17) is 0 Å². The highest BCUT2D eigenvalue weighted by Crippen LogP contribution is 2.39. The average molecular weight is 529 g/mol. The number of benzene rings is 2. The molecule has 0 N–H and O–H groups in total. The Bertz CT molecular complexity index is 1460. The van der Waals surface area contributed by atoms with Crippen LogP contribution in [0.15, 0.2) is 94.1 Å². The fourth-order valence-electron chi connectivity index (χ4n) is 3.97. The number of fused-ring (bicyclic) bond motifs is 2. The van der Waals surface area contributed by atoms with E-state index in [1.807, 2.05) is 35.7 Å². The molecule has 35 heavy (non-hydrogen) atoms. The van der Waals surface area contributed by atoms with Crippen molar-refractivity contribution in [1.29, 1.82) is 0 Å². The van der Waals surface area contributed by atoms with Crippen molar-refractivity contribution in [3.05, 3.63) is 84.1 Å². The molecule has 4 aromatic heterocycles. The summed E-state index contributed by atoms with van der Waals surface area (Å²) in [5.74, 6) is 1.99. The Morgan fingerprint density at radius 3 is 1.49 bits per heavy atom. The predicted molar refractivity (Wildman–Crippen MR) is 152 cm³/mol. The highest BCUT2D eigenvalue weighted by atomic mass is 32.2. The molecule has 0 aliphatic rings. The van der Waals surface area contributed by atoms with E-state index in [9.17, 15) is 0 Å². The highest BCUT2D eigenvalue weighted by Gasteiger charge is 2.15. The second kappa shape index (κ2) is 10.5. The number of thiophene rings is 2. The van der Waals surface area contributed by atoms with Gasteiger partial charge in [0, 0.05) is 33.4 Å². The number of thioether (sulfide) groups is 2. The second-order valence-corrected chi connectivity index (χ2v) is 11.7. The van der Waals surface area contributed by atoms with Crippen molar-refractivity contribution in [3.8, 4) is 22.3 Å². The lowest BCUT2D eigenvalue weighted by molar-refractivity contribution is 1.07. The van der Waals surface area contributed by atoms with Gasteiger partial charge in [0.15, 0.2) is 0 Å². The van der Waals surface area contributed by atoms with Crippen molar-refractivity contribution in [1.82, 2.24) is 19.9 Å². The molecule has 4 heterocycles. The van der Waals surface area contributed by atoms with E-state index in [0.717, 1.165) is 37.6 Å². The first-order valence-corrected chi connectivity index (χ1v) is 14.9. The van der Waals surface area contributed by atoms with Gasteiger partial charge >= 0.3 is 0 Å². The van der Waals surface area contributed by atoms with Gasteiger partial charge in [-0.2, -0.15) is 0 Å². The lowest BCUT2D eigenvalue weighted by atomic mass is 10.1. The summed E-state index contributed by atoms with van der Waals surface area (Å²) in [4.78, 5) is 20.4. The molecule has 0 saturated carbocycles. The largest absolute Gasteiger partial charge is 0.229 e. The molecule has 2 aromatic carbocycles. The van der Waals surface area contributed by atoms with E-state index >= 15 is 0 Å². The minimum absolute atomic E-state index is 0.993. The van der Waals surface area contributed by atoms with Crippen molar-refractivity contribution in [2.75, 3.05) is 11.5 Å². The lowest BCUT2D eigenvalue weighted by Crippen LogP contribution is -1.91. The van der Waals surface area contributed by atoms with Gasteiger partial charge in [-0.15, -0.1) is 46.2 Å². The maximum absolute atomic E-state index is 4.63. The molecule has 8 heteroatoms. The predicted octanol–water partition coefficient (Wildman–Crippen LogP) is 8.30. The Morgan fingerprint density at radius 1 is 0.571 bits per heavy atom. The topological polar surface area (TPSA) is 51.6 Å². The Balaban J connectivity index is 1.16. The summed E-state index contributed by atoms with van der Waals surface area (Å²) in [6.07, 6.45) is 4.43. The second-order valence-electron chi connectivity index (χ2n) is 7.80. The van der Waals surface area contributed by atoms with E-state index in [-0.39, 0.29) is 0 Å². The standard InChI is InChI=1S/C27H20N4S4/c1-3-8-18(9-4-1)20-14-34-26-22(20)24(28-16-30-26)32-12-7-13-33-25-23-21(19-10-5-2-6-11-19)15-35-27(23)31-17-29-25/h1-6,8-11,14-17H,7,12-13H2. The summed E-state index contributed by atoms with van der Waals surface area (Å²) in [7, 11) is 0. The summed E-state index contributed by atoms with van der Waals surface area (Å²) >= 11 is 7.00. The lowest BCUT2D eigenvalue weighted by Gasteiger charge is -2.07. The molecule has 0 spiro atoms. The van der Waals surface area contributed by atoms with Crippen molar-refractivity contribution in [2.24, 2.45) is 0 Å². The molecular weight excluding hydrogens is 509 g/mol. The van der Waals surface area contributed by atoms with Gasteiger partial charge in [-0.1, -0.05) is 60.7 Å². The zero-order chi connectivity index (χ0) is 23.5. The minimum Gasteiger partial charge on any atom is -0.229 e. The van der Waals surface area contributed by atoms with Gasteiger partial charge in [-0.3, -0.25) is 0 Å². The molecule has 0 amide bonds. The Morgan fingerprint density at radius 2 is 1.03 bits per heavy atom. The molecule has 0 unspecified atom stereocenters. The van der Waals surface area contributed by atoms with E-state index < -0.39 is 0 Å². The minimum atomic E-state index is 0.993. The number of hydrogen-bond donors (Lipinski definition) is 0. The zero-order valence-electron chi connectivity index (χ0n) is 18.6. The van der Waals surface area contributed by atoms with E-state index in [1.54, 1.807) is 35.3 Å². The van der Waals surface area contributed by atoms with Crippen LogP contribution >= 0.6 is 46.2 Å². The summed E-state index contributed by atoms with van der Waals surface area (Å²) < 4.78 is 0. The molecule has 0 fully saturated rings. The number of rotatable bonds is 8. The Hall–Kier alpha value is -2.78. The third-order valence-corrected chi connectivity index (χ3v) is 9.53. The van der Waals surface area contributed by atoms with Crippen LogP contribution in [0.4, 0.5) is 0 Å². The van der Waals surface area contributed by atoms with Crippen molar-refractivity contribution in [3.63, 3.8) is 0 Å². The first-order valence-electron chi connectivity index (χ1n) is 11.2. The van der Waals surface area contributed by atoms with Crippen LogP contribution in [0.25, 0.3) is 42.7 Å². The van der Waals surface area contributed by atoms with Crippen molar-refractivity contribution in [2.45, 2.75) is 16.5 Å². The maximum atomic E-state index is 4.63.